The first-order valence-electron chi connectivity index (χ1n) is 8.43. The molecule has 0 amide bonds. The van der Waals surface area contributed by atoms with Crippen molar-refractivity contribution in [3.05, 3.63) is 18.5 Å². The van der Waals surface area contributed by atoms with Crippen LogP contribution in [0.5, 0.6) is 0 Å². The molecule has 0 aromatic carbocycles. The maximum Gasteiger partial charge on any atom is 0.171 e. The van der Waals surface area contributed by atoms with Crippen LogP contribution in [-0.2, 0) is 4.74 Å². The minimum absolute atomic E-state index is 0.291. The second kappa shape index (κ2) is 7.87. The van der Waals surface area contributed by atoms with Gasteiger partial charge in [-0.05, 0) is 32.1 Å². The lowest BCUT2D eigenvalue weighted by atomic mass is 10.3. The van der Waals surface area contributed by atoms with Gasteiger partial charge in [0.05, 0.1) is 44.4 Å². The van der Waals surface area contributed by atoms with E-state index < -0.39 is 0 Å². The normalized spacial score (nSPS) is 15.8. The van der Waals surface area contributed by atoms with Crippen LogP contribution in [0.2, 0.25) is 0 Å². The number of ether oxygens (including phenoxy) is 1. The van der Waals surface area contributed by atoms with Crippen molar-refractivity contribution in [2.24, 2.45) is 0 Å². The third-order valence-electron chi connectivity index (χ3n) is 4.14. The highest BCUT2D eigenvalue weighted by atomic mass is 32.1. The number of nitrogens with one attached hydrogen (secondary N) is 3. The molecule has 2 aromatic rings. The van der Waals surface area contributed by atoms with E-state index in [1.165, 1.54) is 0 Å². The average molecular weight is 349 g/mol. The Morgan fingerprint density at radius 2 is 2.17 bits per heavy atom. The number of thiocarbonyl (C=S) groups is 1. The summed E-state index contributed by atoms with van der Waals surface area (Å²) in [5.74, 6) is 0. The van der Waals surface area contributed by atoms with E-state index in [0.717, 1.165) is 56.1 Å². The molecule has 24 heavy (non-hydrogen) atoms. The van der Waals surface area contributed by atoms with E-state index in [0.29, 0.717) is 11.2 Å². The number of rotatable bonds is 5. The number of nitrogens with zero attached hydrogens (tertiary/aromatic N) is 3. The largest absolute Gasteiger partial charge is 0.370 e. The number of anilines is 1. The number of pyridine rings is 1. The summed E-state index contributed by atoms with van der Waals surface area (Å²) < 4.78 is 7.28. The van der Waals surface area contributed by atoms with Gasteiger partial charge in [0.1, 0.15) is 13.1 Å². The third-order valence-corrected chi connectivity index (χ3v) is 4.39. The van der Waals surface area contributed by atoms with Crippen LogP contribution in [0.3, 0.4) is 0 Å². The van der Waals surface area contributed by atoms with Crippen molar-refractivity contribution < 1.29 is 9.64 Å². The molecule has 3 N–H and O–H groups in total. The minimum atomic E-state index is 0.291. The molecule has 1 fully saturated rings. The fourth-order valence-corrected chi connectivity index (χ4v) is 3.04. The van der Waals surface area contributed by atoms with Crippen molar-refractivity contribution in [1.29, 1.82) is 0 Å². The Hall–Kier alpha value is -1.77. The van der Waals surface area contributed by atoms with Crippen molar-refractivity contribution in [3.63, 3.8) is 0 Å². The second-order valence-electron chi connectivity index (χ2n) is 6.31. The van der Waals surface area contributed by atoms with E-state index in [4.69, 9.17) is 17.0 Å². The standard InChI is InChI=1S/C16H24N6OS/c1-12(2)22-15-13(10-19-22)9-14(11-18-15)20-16(24)17-3-4-21-5-7-23-8-6-21/h9-12H,3-8H2,1-2H3,(H2,17,20,24)/p+1. The molecule has 130 valence electrons. The van der Waals surface area contributed by atoms with Gasteiger partial charge in [0.2, 0.25) is 0 Å². The van der Waals surface area contributed by atoms with Crippen molar-refractivity contribution in [2.45, 2.75) is 19.9 Å². The summed E-state index contributed by atoms with van der Waals surface area (Å²) in [5.41, 5.74) is 1.77. The predicted molar refractivity (Wildman–Crippen MR) is 98.5 cm³/mol. The molecule has 7 nitrogen and oxygen atoms in total. The molecule has 8 heteroatoms. The van der Waals surface area contributed by atoms with Gasteiger partial charge in [-0.1, -0.05) is 0 Å². The van der Waals surface area contributed by atoms with Gasteiger partial charge < -0.3 is 20.3 Å². The third kappa shape index (κ3) is 4.19. The number of fused-ring (bicyclic) bond motifs is 1. The highest BCUT2D eigenvalue weighted by Gasteiger charge is 2.13. The lowest BCUT2D eigenvalue weighted by Gasteiger charge is -2.24. The number of quaternary nitrogens is 1. The lowest BCUT2D eigenvalue weighted by molar-refractivity contribution is -0.906. The zero-order valence-electron chi connectivity index (χ0n) is 14.2. The smallest absolute Gasteiger partial charge is 0.171 e. The molecule has 0 aliphatic carbocycles. The zero-order valence-corrected chi connectivity index (χ0v) is 15.0. The number of hydrogen-bond donors (Lipinski definition) is 3. The molecule has 1 aliphatic heterocycles. The molecule has 2 aromatic heterocycles. The SMILES string of the molecule is CC(C)n1ncc2cc(NC(=S)NCC[NH+]3CCOCC3)cnc21. The van der Waals surface area contributed by atoms with Gasteiger partial charge in [0.15, 0.2) is 10.8 Å². The van der Waals surface area contributed by atoms with Crippen molar-refractivity contribution in [3.8, 4) is 0 Å². The van der Waals surface area contributed by atoms with Gasteiger partial charge >= 0.3 is 0 Å². The Morgan fingerprint density at radius 1 is 1.38 bits per heavy atom. The van der Waals surface area contributed by atoms with E-state index in [2.05, 4.69) is 34.6 Å². The number of morpholine rings is 1. The summed E-state index contributed by atoms with van der Waals surface area (Å²) >= 11 is 5.37. The van der Waals surface area contributed by atoms with Crippen molar-refractivity contribution >= 4 is 34.1 Å². The van der Waals surface area contributed by atoms with Crippen molar-refractivity contribution in [2.75, 3.05) is 44.7 Å². The topological polar surface area (TPSA) is 68.4 Å². The molecular weight excluding hydrogens is 324 g/mol. The number of hydrogen-bond acceptors (Lipinski definition) is 4. The van der Waals surface area contributed by atoms with E-state index in [1.54, 1.807) is 11.1 Å². The first-order valence-corrected chi connectivity index (χ1v) is 8.84. The Balaban J connectivity index is 1.51. The lowest BCUT2D eigenvalue weighted by Crippen LogP contribution is -3.14. The van der Waals surface area contributed by atoms with Gasteiger partial charge in [-0.2, -0.15) is 5.10 Å². The van der Waals surface area contributed by atoms with Crippen LogP contribution in [0.1, 0.15) is 19.9 Å². The molecular formula is C16H25N6OS+. The Kier molecular flexibility index (Phi) is 5.60. The van der Waals surface area contributed by atoms with E-state index >= 15 is 0 Å². The average Bonchev–Trinajstić information content (AvgIpc) is 2.99. The summed E-state index contributed by atoms with van der Waals surface area (Å²) in [7, 11) is 0. The first-order chi connectivity index (χ1) is 11.6. The van der Waals surface area contributed by atoms with Crippen LogP contribution >= 0.6 is 12.2 Å². The molecule has 0 unspecified atom stereocenters. The van der Waals surface area contributed by atoms with Crippen LogP contribution < -0.4 is 15.5 Å². The maximum absolute atomic E-state index is 5.37. The molecule has 3 heterocycles. The van der Waals surface area contributed by atoms with Crippen LogP contribution in [0.25, 0.3) is 11.0 Å². The van der Waals surface area contributed by atoms with Gasteiger partial charge in [0, 0.05) is 11.4 Å². The maximum atomic E-state index is 5.37. The molecule has 0 saturated carbocycles. The molecule has 3 rings (SSSR count). The summed E-state index contributed by atoms with van der Waals surface area (Å²) in [6.45, 7) is 9.93. The monoisotopic (exact) mass is 349 g/mol. The van der Waals surface area contributed by atoms with Crippen LogP contribution in [0, 0.1) is 0 Å². The zero-order chi connectivity index (χ0) is 16.9. The van der Waals surface area contributed by atoms with Gasteiger partial charge in [-0.15, -0.1) is 0 Å². The highest BCUT2D eigenvalue weighted by molar-refractivity contribution is 7.80. The van der Waals surface area contributed by atoms with Gasteiger partial charge in [-0.3, -0.25) is 0 Å². The van der Waals surface area contributed by atoms with Gasteiger partial charge in [0.25, 0.3) is 0 Å². The summed E-state index contributed by atoms with van der Waals surface area (Å²) in [4.78, 5) is 6.06. The molecule has 0 atom stereocenters. The minimum Gasteiger partial charge on any atom is -0.370 e. The molecule has 0 spiro atoms. The fourth-order valence-electron chi connectivity index (χ4n) is 2.82. The van der Waals surface area contributed by atoms with E-state index in [-0.39, 0.29) is 0 Å². The van der Waals surface area contributed by atoms with E-state index in [1.807, 2.05) is 16.9 Å². The summed E-state index contributed by atoms with van der Waals surface area (Å²) in [6, 6.07) is 2.31. The summed E-state index contributed by atoms with van der Waals surface area (Å²) in [6.07, 6.45) is 3.63. The molecule has 0 bridgehead atoms. The highest BCUT2D eigenvalue weighted by Crippen LogP contribution is 2.18. The quantitative estimate of drug-likeness (QED) is 0.671. The van der Waals surface area contributed by atoms with Crippen LogP contribution in [0.4, 0.5) is 5.69 Å². The molecule has 1 aliphatic rings. The van der Waals surface area contributed by atoms with E-state index in [9.17, 15) is 0 Å². The Labute approximate surface area is 147 Å². The Bertz CT molecular complexity index is 695. The fraction of sp³-hybridized carbons (Fsp3) is 0.562. The predicted octanol–water partition coefficient (Wildman–Crippen LogP) is 0.214. The van der Waals surface area contributed by atoms with Crippen LogP contribution in [0.15, 0.2) is 18.5 Å². The first kappa shape index (κ1) is 17.1. The van der Waals surface area contributed by atoms with Crippen LogP contribution in [-0.4, -0.2) is 59.3 Å². The molecule has 0 radical (unpaired) electrons. The molecule has 1 saturated heterocycles. The van der Waals surface area contributed by atoms with Gasteiger partial charge in [-0.25, -0.2) is 9.67 Å². The van der Waals surface area contributed by atoms with Crippen molar-refractivity contribution in [1.82, 2.24) is 20.1 Å². The summed E-state index contributed by atoms with van der Waals surface area (Å²) in [5, 5.41) is 12.5. The number of aromatic nitrogens is 3. The second-order valence-corrected chi connectivity index (χ2v) is 6.72. The Morgan fingerprint density at radius 3 is 2.92 bits per heavy atom.